The molecule has 0 aromatic heterocycles. The van der Waals surface area contributed by atoms with Gasteiger partial charge in [0.05, 0.1) is 0 Å². The quantitative estimate of drug-likeness (QED) is 0.0985. The molecule has 0 radical (unpaired) electrons. The van der Waals surface area contributed by atoms with Gasteiger partial charge in [0.25, 0.3) is 0 Å². The van der Waals surface area contributed by atoms with Crippen LogP contribution in [-0.2, 0) is 0 Å². The van der Waals surface area contributed by atoms with E-state index < -0.39 is 7.92 Å². The molecule has 0 amide bonds. The Hall–Kier alpha value is -6.33. The average molecular weight is 688 g/mol. The summed E-state index contributed by atoms with van der Waals surface area (Å²) in [5, 5.41) is 22.9. The predicted octanol–water partition coefficient (Wildman–Crippen LogP) is 12.9. The van der Waals surface area contributed by atoms with Gasteiger partial charge in [-0.1, -0.05) is 164 Å². The standard InChI is InChI=1S/C52H31P/c1-4-17-35-33(15-1)29-49(42-24-11-9-20-38(35)42)53(50-30-34-16-2-5-18-36(34)39-21-10-12-25-43(39)50)52-37-19-6-3-14-32(37)28-46-45-27-13-26-44-40-22-7-8-23-41(40)47(51(44)45)31-48(46)52/h1-31H/p+1. The van der Waals surface area contributed by atoms with Crippen molar-refractivity contribution in [1.29, 1.82) is 0 Å². The highest BCUT2D eigenvalue weighted by Gasteiger charge is 2.35. The first-order valence-electron chi connectivity index (χ1n) is 18.5. The topological polar surface area (TPSA) is 0 Å². The van der Waals surface area contributed by atoms with E-state index in [1.54, 1.807) is 0 Å². The zero-order valence-corrected chi connectivity index (χ0v) is 29.9. The minimum absolute atomic E-state index is 1.29. The summed E-state index contributed by atoms with van der Waals surface area (Å²) < 4.78 is 0. The van der Waals surface area contributed by atoms with Gasteiger partial charge in [-0.2, -0.15) is 0 Å². The molecule has 11 aromatic rings. The van der Waals surface area contributed by atoms with Gasteiger partial charge < -0.3 is 0 Å². The minimum Gasteiger partial charge on any atom is -0.0616 e. The monoisotopic (exact) mass is 687 g/mol. The lowest BCUT2D eigenvalue weighted by Crippen LogP contribution is -2.24. The lowest BCUT2D eigenvalue weighted by Gasteiger charge is -2.21. The van der Waals surface area contributed by atoms with Crippen LogP contribution in [0.25, 0.3) is 97.7 Å². The Balaban J connectivity index is 1.33. The summed E-state index contributed by atoms with van der Waals surface area (Å²) in [7, 11) is -1.71. The van der Waals surface area contributed by atoms with Gasteiger partial charge >= 0.3 is 0 Å². The van der Waals surface area contributed by atoms with Crippen molar-refractivity contribution in [2.24, 2.45) is 0 Å². The van der Waals surface area contributed by atoms with Crippen LogP contribution in [-0.4, -0.2) is 0 Å². The second kappa shape index (κ2) is 11.1. The van der Waals surface area contributed by atoms with Gasteiger partial charge in [-0.25, -0.2) is 0 Å². The number of fused-ring (bicyclic) bond motifs is 12. The Morgan fingerprint density at radius 1 is 0.245 bits per heavy atom. The Kier molecular flexibility index (Phi) is 6.12. The molecule has 244 valence electrons. The molecule has 1 aliphatic carbocycles. The second-order valence-electron chi connectivity index (χ2n) is 14.5. The SMILES string of the molecule is c1ccc2c(c1)-c1cccc3c1c-2cc1c([PH+](c2cc4ccccc4c4ccccc24)c2cc4ccccc4c4ccccc24)c2ccccc2cc13. The van der Waals surface area contributed by atoms with Gasteiger partial charge in [0.15, 0.2) is 0 Å². The molecule has 0 saturated heterocycles. The van der Waals surface area contributed by atoms with Crippen molar-refractivity contribution >= 4 is 99.2 Å². The van der Waals surface area contributed by atoms with E-state index in [9.17, 15) is 0 Å². The van der Waals surface area contributed by atoms with E-state index in [1.807, 2.05) is 0 Å². The molecule has 11 aromatic carbocycles. The molecule has 0 heterocycles. The van der Waals surface area contributed by atoms with Crippen molar-refractivity contribution in [1.82, 2.24) is 0 Å². The fraction of sp³-hybridized carbons (Fsp3) is 0. The molecular formula is C52H32P+. The molecule has 0 saturated carbocycles. The number of benzene rings is 11. The van der Waals surface area contributed by atoms with Gasteiger partial charge in [0, 0.05) is 21.5 Å². The number of rotatable bonds is 3. The molecular weight excluding hydrogens is 656 g/mol. The summed E-state index contributed by atoms with van der Waals surface area (Å²) in [6, 6.07) is 71.3. The fourth-order valence-electron chi connectivity index (χ4n) is 9.62. The maximum Gasteiger partial charge on any atom is 0.118 e. The molecule has 0 bridgehead atoms. The van der Waals surface area contributed by atoms with Crippen molar-refractivity contribution < 1.29 is 0 Å². The van der Waals surface area contributed by atoms with Crippen LogP contribution < -0.4 is 15.9 Å². The maximum absolute atomic E-state index is 2.56. The van der Waals surface area contributed by atoms with E-state index in [0.29, 0.717) is 0 Å². The lowest BCUT2D eigenvalue weighted by molar-refractivity contribution is 1.70. The van der Waals surface area contributed by atoms with Crippen molar-refractivity contribution in [2.45, 2.75) is 0 Å². The van der Waals surface area contributed by atoms with Crippen molar-refractivity contribution in [3.05, 3.63) is 188 Å². The highest BCUT2D eigenvalue weighted by molar-refractivity contribution is 7.81. The molecule has 0 nitrogen and oxygen atoms in total. The van der Waals surface area contributed by atoms with Gasteiger partial charge in [0.2, 0.25) is 0 Å². The first-order valence-corrected chi connectivity index (χ1v) is 20.0. The zero-order chi connectivity index (χ0) is 34.6. The van der Waals surface area contributed by atoms with Crippen molar-refractivity contribution in [3.63, 3.8) is 0 Å². The number of hydrogen-bond acceptors (Lipinski definition) is 0. The molecule has 0 spiro atoms. The predicted molar refractivity (Wildman–Crippen MR) is 234 cm³/mol. The van der Waals surface area contributed by atoms with E-state index in [2.05, 4.69) is 188 Å². The van der Waals surface area contributed by atoms with Crippen LogP contribution >= 0.6 is 7.92 Å². The van der Waals surface area contributed by atoms with E-state index in [1.165, 1.54) is 114 Å². The molecule has 0 aliphatic heterocycles. The van der Waals surface area contributed by atoms with Gasteiger partial charge in [-0.3, -0.25) is 0 Å². The van der Waals surface area contributed by atoms with Crippen LogP contribution in [0.5, 0.6) is 0 Å². The second-order valence-corrected chi connectivity index (χ2v) is 16.8. The van der Waals surface area contributed by atoms with E-state index in [0.717, 1.165) is 0 Å². The van der Waals surface area contributed by atoms with Gasteiger partial charge in [-0.15, -0.1) is 0 Å². The molecule has 1 aliphatic rings. The summed E-state index contributed by atoms with van der Waals surface area (Å²) in [6.07, 6.45) is 0. The van der Waals surface area contributed by atoms with Crippen LogP contribution in [0.2, 0.25) is 0 Å². The maximum atomic E-state index is 2.56. The third-order valence-electron chi connectivity index (χ3n) is 11.8. The summed E-state index contributed by atoms with van der Waals surface area (Å²) in [5.41, 5.74) is 5.36. The summed E-state index contributed by atoms with van der Waals surface area (Å²) in [6.45, 7) is 0. The smallest absolute Gasteiger partial charge is 0.0616 e. The van der Waals surface area contributed by atoms with Crippen molar-refractivity contribution in [2.75, 3.05) is 0 Å². The summed E-state index contributed by atoms with van der Waals surface area (Å²) in [5.74, 6) is 0. The zero-order valence-electron chi connectivity index (χ0n) is 28.9. The van der Waals surface area contributed by atoms with E-state index in [-0.39, 0.29) is 0 Å². The molecule has 0 N–H and O–H groups in total. The van der Waals surface area contributed by atoms with E-state index >= 15 is 0 Å². The van der Waals surface area contributed by atoms with Crippen molar-refractivity contribution in [3.8, 4) is 22.3 Å². The summed E-state index contributed by atoms with van der Waals surface area (Å²) in [4.78, 5) is 0. The minimum atomic E-state index is -1.71. The Bertz CT molecular complexity index is 3230. The molecule has 1 heteroatoms. The van der Waals surface area contributed by atoms with Crippen LogP contribution in [0.1, 0.15) is 0 Å². The molecule has 0 unspecified atom stereocenters. The third kappa shape index (κ3) is 4.10. The molecule has 53 heavy (non-hydrogen) atoms. The van der Waals surface area contributed by atoms with Crippen LogP contribution in [0.3, 0.4) is 0 Å². The van der Waals surface area contributed by atoms with Gasteiger partial charge in [0.1, 0.15) is 23.8 Å². The molecule has 12 rings (SSSR count). The first-order chi connectivity index (χ1) is 26.3. The lowest BCUT2D eigenvalue weighted by atomic mass is 9.94. The Morgan fingerprint density at radius 3 is 1.28 bits per heavy atom. The first kappa shape index (κ1) is 29.3. The highest BCUT2D eigenvalue weighted by atomic mass is 31.1. The van der Waals surface area contributed by atoms with Crippen LogP contribution in [0.4, 0.5) is 0 Å². The average Bonchev–Trinajstić information content (AvgIpc) is 3.55. The molecule has 0 fully saturated rings. The number of hydrogen-bond donors (Lipinski definition) is 0. The highest BCUT2D eigenvalue weighted by Crippen LogP contribution is 2.52. The Labute approximate surface area is 308 Å². The van der Waals surface area contributed by atoms with Crippen LogP contribution in [0.15, 0.2) is 188 Å². The van der Waals surface area contributed by atoms with E-state index in [4.69, 9.17) is 0 Å². The summed E-state index contributed by atoms with van der Waals surface area (Å²) >= 11 is 0. The Morgan fingerprint density at radius 2 is 0.679 bits per heavy atom. The largest absolute Gasteiger partial charge is 0.118 e. The fourth-order valence-corrected chi connectivity index (χ4v) is 13.0. The van der Waals surface area contributed by atoms with Gasteiger partial charge in [-0.05, 0) is 100 Å². The third-order valence-corrected chi connectivity index (χ3v) is 14.8. The molecule has 0 atom stereocenters. The van der Waals surface area contributed by atoms with Crippen LogP contribution in [0, 0.1) is 0 Å². The normalized spacial score (nSPS) is 12.3.